The first kappa shape index (κ1) is 20.8. The second-order valence-corrected chi connectivity index (χ2v) is 9.27. The molecular weight excluding hydrogens is 412 g/mol. The number of aromatic nitrogens is 2. The van der Waals surface area contributed by atoms with Gasteiger partial charge in [0.2, 0.25) is 5.91 Å². The van der Waals surface area contributed by atoms with Crippen molar-refractivity contribution in [2.45, 2.75) is 58.0 Å². The van der Waals surface area contributed by atoms with E-state index in [0.29, 0.717) is 24.5 Å². The number of cyclic esters (lactones) is 1. The van der Waals surface area contributed by atoms with Gasteiger partial charge in [0.1, 0.15) is 12.9 Å². The molecule has 3 N–H and O–H groups in total. The van der Waals surface area contributed by atoms with Crippen LogP contribution < -0.4 is 21.4 Å². The van der Waals surface area contributed by atoms with Crippen LogP contribution in [0.2, 0.25) is 0 Å². The molecular formula is C21H28N8O3. The fourth-order valence-electron chi connectivity index (χ4n) is 4.94. The Morgan fingerprint density at radius 2 is 1.97 bits per heavy atom. The highest BCUT2D eigenvalue weighted by molar-refractivity contribution is 5.94. The normalized spacial score (nSPS) is 29.9. The maximum atomic E-state index is 13.3. The van der Waals surface area contributed by atoms with E-state index in [1.165, 1.54) is 0 Å². The minimum atomic E-state index is -0.320. The van der Waals surface area contributed by atoms with Gasteiger partial charge in [0.15, 0.2) is 5.82 Å². The van der Waals surface area contributed by atoms with Crippen LogP contribution in [0.15, 0.2) is 28.5 Å². The Labute approximate surface area is 186 Å². The third-order valence-electron chi connectivity index (χ3n) is 7.29. The lowest BCUT2D eigenvalue weighted by atomic mass is 9.67. The van der Waals surface area contributed by atoms with E-state index in [0.717, 1.165) is 43.5 Å². The van der Waals surface area contributed by atoms with Gasteiger partial charge in [0, 0.05) is 18.6 Å². The second kappa shape index (κ2) is 7.82. The molecule has 11 heteroatoms. The van der Waals surface area contributed by atoms with Crippen LogP contribution in [0, 0.1) is 5.41 Å². The summed E-state index contributed by atoms with van der Waals surface area (Å²) in [6.07, 6.45) is 5.91. The van der Waals surface area contributed by atoms with Crippen LogP contribution in [-0.4, -0.2) is 52.0 Å². The summed E-state index contributed by atoms with van der Waals surface area (Å²) in [7, 11) is 0. The van der Waals surface area contributed by atoms with Crippen LogP contribution in [0.5, 0.6) is 0 Å². The van der Waals surface area contributed by atoms with Crippen molar-refractivity contribution in [3.63, 3.8) is 0 Å². The number of carbonyl (C=O) groups is 2. The number of amides is 1. The van der Waals surface area contributed by atoms with Crippen molar-refractivity contribution in [2.75, 3.05) is 18.2 Å². The molecule has 4 aliphatic rings. The lowest BCUT2D eigenvalue weighted by molar-refractivity contribution is -0.138. The molecule has 1 saturated carbocycles. The summed E-state index contributed by atoms with van der Waals surface area (Å²) in [5.74, 6) is 0.492. The number of esters is 1. The van der Waals surface area contributed by atoms with Crippen LogP contribution in [-0.2, 0) is 20.9 Å². The highest BCUT2D eigenvalue weighted by Crippen LogP contribution is 2.48. The zero-order chi connectivity index (χ0) is 22.3. The van der Waals surface area contributed by atoms with Crippen LogP contribution in [0.4, 0.5) is 5.82 Å². The van der Waals surface area contributed by atoms with Gasteiger partial charge in [-0.25, -0.2) is 15.3 Å². The molecule has 0 unspecified atom stereocenters. The molecule has 1 saturated heterocycles. The molecule has 3 aliphatic heterocycles. The molecule has 1 aromatic heterocycles. The molecule has 5 rings (SSSR count). The summed E-state index contributed by atoms with van der Waals surface area (Å²) in [6.45, 7) is 5.45. The lowest BCUT2D eigenvalue weighted by Crippen LogP contribution is -2.49. The van der Waals surface area contributed by atoms with Gasteiger partial charge in [-0.3, -0.25) is 4.79 Å². The SMILES string of the molecule is CC1=C(N2CCC3(CCC(C)(NCc4ccc(N5C=NNN5)nn4)CC3)C2=O)COC1=O. The third kappa shape index (κ3) is 3.61. The first-order valence-corrected chi connectivity index (χ1v) is 11.0. The number of hydrogen-bond donors (Lipinski definition) is 3. The van der Waals surface area contributed by atoms with Crippen LogP contribution in [0.1, 0.15) is 51.6 Å². The number of carbonyl (C=O) groups excluding carboxylic acids is 2. The number of hydrazine groups is 2. The number of anilines is 1. The van der Waals surface area contributed by atoms with Crippen molar-refractivity contribution in [2.24, 2.45) is 10.5 Å². The van der Waals surface area contributed by atoms with Crippen molar-refractivity contribution in [3.05, 3.63) is 29.1 Å². The summed E-state index contributed by atoms with van der Waals surface area (Å²) < 4.78 is 5.11. The molecule has 1 amide bonds. The van der Waals surface area contributed by atoms with Gasteiger partial charge in [0.25, 0.3) is 0 Å². The van der Waals surface area contributed by atoms with Crippen LogP contribution in [0.3, 0.4) is 0 Å². The molecule has 11 nitrogen and oxygen atoms in total. The highest BCUT2D eigenvalue weighted by Gasteiger charge is 2.52. The minimum absolute atomic E-state index is 0.0615. The molecule has 0 radical (unpaired) electrons. The highest BCUT2D eigenvalue weighted by atomic mass is 16.5. The number of ether oxygens (including phenoxy) is 1. The number of hydrazone groups is 1. The van der Waals surface area contributed by atoms with Crippen molar-refractivity contribution in [1.82, 2.24) is 31.5 Å². The molecule has 170 valence electrons. The second-order valence-electron chi connectivity index (χ2n) is 9.27. The van der Waals surface area contributed by atoms with Gasteiger partial charge in [-0.1, -0.05) is 0 Å². The molecule has 4 heterocycles. The van der Waals surface area contributed by atoms with Crippen LogP contribution in [0.25, 0.3) is 0 Å². The number of nitrogens with zero attached hydrogens (tertiary/aromatic N) is 5. The van der Waals surface area contributed by atoms with Crippen molar-refractivity contribution in [1.29, 1.82) is 0 Å². The standard InChI is InChI=1S/C21H28N8O3/c1-14-16(12-32-18(14)30)28-10-9-21(19(28)31)7-5-20(2,6-8-21)22-11-15-3-4-17(25-24-15)29-13-23-26-27-29/h3-4,13,22,26-27H,5-12H2,1-2H3. The zero-order valence-electron chi connectivity index (χ0n) is 18.3. The van der Waals surface area contributed by atoms with E-state index in [-0.39, 0.29) is 29.4 Å². The Bertz CT molecular complexity index is 981. The van der Waals surface area contributed by atoms with E-state index < -0.39 is 0 Å². The summed E-state index contributed by atoms with van der Waals surface area (Å²) in [5.41, 5.74) is 7.23. The Hall–Kier alpha value is -3.05. The summed E-state index contributed by atoms with van der Waals surface area (Å²) in [4.78, 5) is 26.8. The van der Waals surface area contributed by atoms with Gasteiger partial charge in [-0.15, -0.1) is 10.6 Å². The molecule has 1 aliphatic carbocycles. The predicted molar refractivity (Wildman–Crippen MR) is 115 cm³/mol. The van der Waals surface area contributed by atoms with Gasteiger partial charge in [-0.2, -0.15) is 10.2 Å². The Balaban J connectivity index is 1.17. The van der Waals surface area contributed by atoms with E-state index in [1.54, 1.807) is 23.2 Å². The largest absolute Gasteiger partial charge is 0.456 e. The number of hydrogen-bond acceptors (Lipinski definition) is 10. The average molecular weight is 441 g/mol. The van der Waals surface area contributed by atoms with Gasteiger partial charge in [-0.05, 0) is 58.1 Å². The van der Waals surface area contributed by atoms with Crippen LogP contribution >= 0.6 is 0 Å². The minimum Gasteiger partial charge on any atom is -0.456 e. The predicted octanol–water partition coefficient (Wildman–Crippen LogP) is 0.721. The van der Waals surface area contributed by atoms with Gasteiger partial charge >= 0.3 is 5.97 Å². The average Bonchev–Trinajstić information content (AvgIpc) is 3.52. The zero-order valence-corrected chi connectivity index (χ0v) is 18.3. The monoisotopic (exact) mass is 440 g/mol. The van der Waals surface area contributed by atoms with E-state index in [1.807, 2.05) is 12.1 Å². The quantitative estimate of drug-likeness (QED) is 0.568. The topological polar surface area (TPSA) is 124 Å². The smallest absolute Gasteiger partial charge is 0.336 e. The van der Waals surface area contributed by atoms with Crippen molar-refractivity contribution >= 4 is 24.0 Å². The first-order valence-electron chi connectivity index (χ1n) is 11.0. The van der Waals surface area contributed by atoms with E-state index in [2.05, 4.69) is 38.6 Å². The lowest BCUT2D eigenvalue weighted by Gasteiger charge is -2.42. The maximum Gasteiger partial charge on any atom is 0.336 e. The van der Waals surface area contributed by atoms with Gasteiger partial charge in [0.05, 0.1) is 22.4 Å². The molecule has 2 fully saturated rings. The van der Waals surface area contributed by atoms with Gasteiger partial charge < -0.3 is 15.0 Å². The van der Waals surface area contributed by atoms with Crippen molar-refractivity contribution in [3.8, 4) is 0 Å². The Morgan fingerprint density at radius 3 is 2.59 bits per heavy atom. The molecule has 32 heavy (non-hydrogen) atoms. The third-order valence-corrected chi connectivity index (χ3v) is 7.29. The molecule has 0 atom stereocenters. The fourth-order valence-corrected chi connectivity index (χ4v) is 4.94. The van der Waals surface area contributed by atoms with E-state index >= 15 is 0 Å². The Morgan fingerprint density at radius 1 is 1.16 bits per heavy atom. The van der Waals surface area contributed by atoms with Crippen molar-refractivity contribution < 1.29 is 14.3 Å². The number of likely N-dealkylation sites (tertiary alicyclic amines) is 1. The molecule has 0 aromatic carbocycles. The Kier molecular flexibility index (Phi) is 5.09. The number of rotatable bonds is 5. The summed E-state index contributed by atoms with van der Waals surface area (Å²) in [6, 6.07) is 3.82. The number of nitrogens with one attached hydrogen (secondary N) is 3. The fraction of sp³-hybridized carbons (Fsp3) is 0.571. The summed E-state index contributed by atoms with van der Waals surface area (Å²) >= 11 is 0. The molecule has 1 spiro atoms. The van der Waals surface area contributed by atoms with E-state index in [4.69, 9.17) is 4.74 Å². The molecule has 1 aromatic rings. The summed E-state index contributed by atoms with van der Waals surface area (Å²) in [5, 5.41) is 17.6. The molecule has 0 bridgehead atoms. The maximum absolute atomic E-state index is 13.3. The first-order chi connectivity index (χ1) is 15.4. The van der Waals surface area contributed by atoms with E-state index in [9.17, 15) is 9.59 Å².